The second kappa shape index (κ2) is 7.09. The second-order valence-corrected chi connectivity index (χ2v) is 7.99. The Morgan fingerprint density at radius 2 is 2.12 bits per heavy atom. The van der Waals surface area contributed by atoms with Crippen LogP contribution in [-0.4, -0.2) is 29.6 Å². The van der Waals surface area contributed by atoms with Gasteiger partial charge in [0.1, 0.15) is 0 Å². The van der Waals surface area contributed by atoms with E-state index in [9.17, 15) is 9.59 Å². The Balaban J connectivity index is 1.48. The van der Waals surface area contributed by atoms with Gasteiger partial charge in [-0.15, -0.1) is 11.8 Å². The molecule has 0 aliphatic carbocycles. The van der Waals surface area contributed by atoms with Crippen LogP contribution in [0.1, 0.15) is 6.42 Å². The van der Waals surface area contributed by atoms with E-state index in [0.29, 0.717) is 11.7 Å². The van der Waals surface area contributed by atoms with Crippen LogP contribution in [-0.2, 0) is 9.59 Å². The zero-order chi connectivity index (χ0) is 18.1. The summed E-state index contributed by atoms with van der Waals surface area (Å²) in [6, 6.07) is 15.6. The molecule has 1 atom stereocenters. The molecule has 5 nitrogen and oxygen atoms in total. The van der Waals surface area contributed by atoms with E-state index in [1.165, 1.54) is 11.3 Å². The molecule has 1 aliphatic rings. The van der Waals surface area contributed by atoms with Gasteiger partial charge in [-0.05, 0) is 36.6 Å². The first-order chi connectivity index (χ1) is 12.6. The summed E-state index contributed by atoms with van der Waals surface area (Å²) in [5.41, 5.74) is 1.71. The summed E-state index contributed by atoms with van der Waals surface area (Å²) in [5.74, 6) is -0.541. The molecule has 26 heavy (non-hydrogen) atoms. The Kier molecular flexibility index (Phi) is 4.65. The summed E-state index contributed by atoms with van der Waals surface area (Å²) >= 11 is 3.07. The minimum atomic E-state index is -0.368. The van der Waals surface area contributed by atoms with E-state index in [0.717, 1.165) is 20.8 Å². The number of nitrogens with zero attached hydrogens (tertiary/aromatic N) is 2. The van der Waals surface area contributed by atoms with E-state index in [4.69, 9.17) is 0 Å². The monoisotopic (exact) mass is 383 g/mol. The van der Waals surface area contributed by atoms with Gasteiger partial charge in [-0.1, -0.05) is 29.5 Å². The maximum absolute atomic E-state index is 12.6. The van der Waals surface area contributed by atoms with Crippen molar-refractivity contribution in [3.63, 3.8) is 0 Å². The Morgan fingerprint density at radius 1 is 1.27 bits per heavy atom. The molecule has 0 bridgehead atoms. The van der Waals surface area contributed by atoms with Gasteiger partial charge in [0, 0.05) is 23.5 Å². The number of thioether (sulfide) groups is 1. The number of anilines is 2. The molecule has 1 fully saturated rings. The number of fused-ring (bicyclic) bond motifs is 1. The number of nitrogens with one attached hydrogen (secondary N) is 1. The number of thiazole rings is 1. The SMILES string of the molecule is CSc1cccc(N2CC(C(=O)Nc3nc4ccccc4s3)CC2=O)c1. The third-order valence-corrected chi connectivity index (χ3v) is 6.06. The van der Waals surface area contributed by atoms with Crippen LogP contribution in [0.3, 0.4) is 0 Å². The molecule has 1 saturated heterocycles. The van der Waals surface area contributed by atoms with Gasteiger partial charge in [0.15, 0.2) is 5.13 Å². The molecule has 2 amide bonds. The lowest BCUT2D eigenvalue weighted by molar-refractivity contribution is -0.122. The maximum Gasteiger partial charge on any atom is 0.231 e. The van der Waals surface area contributed by atoms with Gasteiger partial charge in [-0.3, -0.25) is 9.59 Å². The van der Waals surface area contributed by atoms with Gasteiger partial charge < -0.3 is 10.2 Å². The molecule has 0 radical (unpaired) electrons. The number of amides is 2. The van der Waals surface area contributed by atoms with E-state index in [1.54, 1.807) is 16.7 Å². The molecule has 1 unspecified atom stereocenters. The highest BCUT2D eigenvalue weighted by atomic mass is 32.2. The van der Waals surface area contributed by atoms with Crippen LogP contribution in [0.25, 0.3) is 10.2 Å². The van der Waals surface area contributed by atoms with Crippen molar-refractivity contribution < 1.29 is 9.59 Å². The predicted molar refractivity (Wildman–Crippen MR) is 107 cm³/mol. The lowest BCUT2D eigenvalue weighted by Crippen LogP contribution is -2.28. The summed E-state index contributed by atoms with van der Waals surface area (Å²) in [6.45, 7) is 0.396. The highest BCUT2D eigenvalue weighted by Crippen LogP contribution is 2.30. The Hall–Kier alpha value is -2.38. The molecular formula is C19H17N3O2S2. The molecule has 4 rings (SSSR count). The molecule has 0 saturated carbocycles. The number of aromatic nitrogens is 1. The summed E-state index contributed by atoms with van der Waals surface area (Å²) in [7, 11) is 0. The Bertz CT molecular complexity index is 953. The van der Waals surface area contributed by atoms with E-state index < -0.39 is 0 Å². The van der Waals surface area contributed by atoms with Gasteiger partial charge in [-0.2, -0.15) is 0 Å². The van der Waals surface area contributed by atoms with Gasteiger partial charge in [-0.25, -0.2) is 4.98 Å². The van der Waals surface area contributed by atoms with E-state index in [2.05, 4.69) is 10.3 Å². The molecule has 2 heterocycles. The molecule has 7 heteroatoms. The average Bonchev–Trinajstić information content (AvgIpc) is 3.24. The smallest absolute Gasteiger partial charge is 0.231 e. The zero-order valence-corrected chi connectivity index (χ0v) is 15.8. The Labute approximate surface area is 159 Å². The molecule has 1 aliphatic heterocycles. The van der Waals surface area contributed by atoms with Crippen LogP contribution in [0, 0.1) is 5.92 Å². The van der Waals surface area contributed by atoms with Gasteiger partial charge in [0.2, 0.25) is 11.8 Å². The third-order valence-electron chi connectivity index (χ3n) is 4.38. The first-order valence-electron chi connectivity index (χ1n) is 8.25. The topological polar surface area (TPSA) is 62.3 Å². The molecule has 2 aromatic carbocycles. The largest absolute Gasteiger partial charge is 0.312 e. The van der Waals surface area contributed by atoms with Crippen molar-refractivity contribution in [1.82, 2.24) is 4.98 Å². The molecular weight excluding hydrogens is 366 g/mol. The second-order valence-electron chi connectivity index (χ2n) is 6.08. The van der Waals surface area contributed by atoms with Crippen LogP contribution < -0.4 is 10.2 Å². The number of hydrogen-bond donors (Lipinski definition) is 1. The molecule has 0 spiro atoms. The van der Waals surface area contributed by atoms with Crippen LogP contribution >= 0.6 is 23.1 Å². The van der Waals surface area contributed by atoms with E-state index in [1.807, 2.05) is 54.8 Å². The van der Waals surface area contributed by atoms with E-state index in [-0.39, 0.29) is 24.2 Å². The van der Waals surface area contributed by atoms with Gasteiger partial charge in [0.05, 0.1) is 16.1 Å². The minimum Gasteiger partial charge on any atom is -0.312 e. The predicted octanol–water partition coefficient (Wildman–Crippen LogP) is 4.01. The maximum atomic E-state index is 12.6. The van der Waals surface area contributed by atoms with Crippen molar-refractivity contribution in [2.24, 2.45) is 5.92 Å². The third kappa shape index (κ3) is 3.32. The van der Waals surface area contributed by atoms with Crippen molar-refractivity contribution in [3.8, 4) is 0 Å². The zero-order valence-electron chi connectivity index (χ0n) is 14.1. The van der Waals surface area contributed by atoms with Gasteiger partial charge in [0.25, 0.3) is 0 Å². The number of rotatable bonds is 4. The lowest BCUT2D eigenvalue weighted by atomic mass is 10.1. The van der Waals surface area contributed by atoms with E-state index >= 15 is 0 Å². The number of carbonyl (C=O) groups excluding carboxylic acids is 2. The summed E-state index contributed by atoms with van der Waals surface area (Å²) in [5, 5.41) is 3.45. The van der Waals surface area contributed by atoms with Crippen molar-refractivity contribution in [2.75, 3.05) is 23.0 Å². The van der Waals surface area contributed by atoms with Crippen LogP contribution in [0.15, 0.2) is 53.4 Å². The highest BCUT2D eigenvalue weighted by Gasteiger charge is 2.35. The number of benzene rings is 2. The molecule has 1 aromatic heterocycles. The van der Waals surface area contributed by atoms with Crippen molar-refractivity contribution in [1.29, 1.82) is 0 Å². The fraction of sp³-hybridized carbons (Fsp3) is 0.211. The minimum absolute atomic E-state index is 0.0206. The fourth-order valence-electron chi connectivity index (χ4n) is 3.04. The summed E-state index contributed by atoms with van der Waals surface area (Å²) < 4.78 is 1.03. The first kappa shape index (κ1) is 17.1. The van der Waals surface area contributed by atoms with Crippen LogP contribution in [0.2, 0.25) is 0 Å². The fourth-order valence-corrected chi connectivity index (χ4v) is 4.37. The average molecular weight is 383 g/mol. The van der Waals surface area contributed by atoms with Crippen molar-refractivity contribution >= 4 is 55.9 Å². The van der Waals surface area contributed by atoms with Crippen LogP contribution in [0.5, 0.6) is 0 Å². The standard InChI is InChI=1S/C19H17N3O2S2/c1-25-14-6-4-5-13(10-14)22-11-12(9-17(22)23)18(24)21-19-20-15-7-2-3-8-16(15)26-19/h2-8,10,12H,9,11H2,1H3,(H,20,21,24). The molecule has 1 N–H and O–H groups in total. The quantitative estimate of drug-likeness (QED) is 0.692. The Morgan fingerprint density at radius 3 is 2.92 bits per heavy atom. The molecule has 3 aromatic rings. The van der Waals surface area contributed by atoms with Gasteiger partial charge >= 0.3 is 0 Å². The number of hydrogen-bond acceptors (Lipinski definition) is 5. The number of carbonyl (C=O) groups is 2. The first-order valence-corrected chi connectivity index (χ1v) is 10.3. The highest BCUT2D eigenvalue weighted by molar-refractivity contribution is 7.98. The number of para-hydroxylation sites is 1. The molecule has 132 valence electrons. The lowest BCUT2D eigenvalue weighted by Gasteiger charge is -2.17. The van der Waals surface area contributed by atoms with Crippen LogP contribution in [0.4, 0.5) is 10.8 Å². The summed E-state index contributed by atoms with van der Waals surface area (Å²) in [4.78, 5) is 32.2. The summed E-state index contributed by atoms with van der Waals surface area (Å²) in [6.07, 6.45) is 2.22. The van der Waals surface area contributed by atoms with Crippen molar-refractivity contribution in [3.05, 3.63) is 48.5 Å². The van der Waals surface area contributed by atoms with Crippen molar-refractivity contribution in [2.45, 2.75) is 11.3 Å². The normalized spacial score (nSPS) is 17.0.